The van der Waals surface area contributed by atoms with E-state index in [2.05, 4.69) is 29.4 Å². The van der Waals surface area contributed by atoms with Crippen molar-refractivity contribution in [1.29, 1.82) is 0 Å². The number of rotatable bonds is 9. The number of likely N-dealkylation sites (N-methyl/N-ethyl adjacent to an activating group) is 1. The number of methoxy groups -OCH3 is 2. The molecule has 102 valence electrons. The van der Waals surface area contributed by atoms with E-state index >= 15 is 0 Å². The van der Waals surface area contributed by atoms with Crippen molar-refractivity contribution in [3.05, 3.63) is 29.8 Å². The van der Waals surface area contributed by atoms with Crippen LogP contribution in [-0.2, 0) is 11.3 Å². The van der Waals surface area contributed by atoms with Crippen molar-refractivity contribution in [2.75, 3.05) is 47.5 Å². The van der Waals surface area contributed by atoms with E-state index in [1.54, 1.807) is 14.2 Å². The first-order valence-electron chi connectivity index (χ1n) is 6.27. The SMILES string of the molecule is COCCN(C)CCNCc1cccc(OC)c1. The van der Waals surface area contributed by atoms with Gasteiger partial charge in [-0.1, -0.05) is 12.1 Å². The number of benzene rings is 1. The standard InChI is InChI=1S/C14H24N2O2/c1-16(9-10-17-2)8-7-15-12-13-5-4-6-14(11-13)18-3/h4-6,11,15H,7-10,12H2,1-3H3. The summed E-state index contributed by atoms with van der Waals surface area (Å²) in [4.78, 5) is 2.25. The Labute approximate surface area is 110 Å². The summed E-state index contributed by atoms with van der Waals surface area (Å²) >= 11 is 0. The van der Waals surface area contributed by atoms with Crippen molar-refractivity contribution in [3.8, 4) is 5.75 Å². The zero-order valence-electron chi connectivity index (χ0n) is 11.6. The van der Waals surface area contributed by atoms with Crippen molar-refractivity contribution >= 4 is 0 Å². The molecule has 0 spiro atoms. The lowest BCUT2D eigenvalue weighted by molar-refractivity contribution is 0.161. The largest absolute Gasteiger partial charge is 0.497 e. The highest BCUT2D eigenvalue weighted by Gasteiger charge is 1.98. The molecule has 0 radical (unpaired) electrons. The molecule has 0 aromatic heterocycles. The molecule has 0 atom stereocenters. The topological polar surface area (TPSA) is 33.7 Å². The van der Waals surface area contributed by atoms with Gasteiger partial charge in [-0.3, -0.25) is 0 Å². The maximum absolute atomic E-state index is 5.19. The summed E-state index contributed by atoms with van der Waals surface area (Å²) in [5.41, 5.74) is 1.24. The van der Waals surface area contributed by atoms with Crippen molar-refractivity contribution in [3.63, 3.8) is 0 Å². The fourth-order valence-corrected chi connectivity index (χ4v) is 1.64. The third-order valence-electron chi connectivity index (χ3n) is 2.81. The van der Waals surface area contributed by atoms with Gasteiger partial charge in [0.1, 0.15) is 5.75 Å². The van der Waals surface area contributed by atoms with E-state index in [9.17, 15) is 0 Å². The molecule has 0 amide bonds. The predicted molar refractivity (Wildman–Crippen MR) is 74.1 cm³/mol. The van der Waals surface area contributed by atoms with Crippen molar-refractivity contribution in [2.24, 2.45) is 0 Å². The highest BCUT2D eigenvalue weighted by Crippen LogP contribution is 2.11. The van der Waals surface area contributed by atoms with Crippen LogP contribution in [0.25, 0.3) is 0 Å². The second kappa shape index (κ2) is 8.91. The molecule has 18 heavy (non-hydrogen) atoms. The van der Waals surface area contributed by atoms with Crippen LogP contribution in [0.2, 0.25) is 0 Å². The third kappa shape index (κ3) is 6.00. The molecular formula is C14H24N2O2. The van der Waals surface area contributed by atoms with Gasteiger partial charge in [-0.15, -0.1) is 0 Å². The minimum atomic E-state index is 0.784. The number of hydrogen-bond donors (Lipinski definition) is 1. The van der Waals surface area contributed by atoms with Gasteiger partial charge in [-0.2, -0.15) is 0 Å². The first kappa shape index (κ1) is 15.0. The quantitative estimate of drug-likeness (QED) is 0.673. The molecule has 0 aliphatic heterocycles. The van der Waals surface area contributed by atoms with Gasteiger partial charge in [0.2, 0.25) is 0 Å². The Hall–Kier alpha value is -1.10. The van der Waals surface area contributed by atoms with Crippen LogP contribution in [-0.4, -0.2) is 52.4 Å². The van der Waals surface area contributed by atoms with Gasteiger partial charge in [0, 0.05) is 33.3 Å². The van der Waals surface area contributed by atoms with Crippen molar-refractivity contribution < 1.29 is 9.47 Å². The second-order valence-corrected chi connectivity index (χ2v) is 4.32. The molecule has 0 unspecified atom stereocenters. The molecule has 4 heteroatoms. The second-order valence-electron chi connectivity index (χ2n) is 4.32. The Balaban J connectivity index is 2.17. The van der Waals surface area contributed by atoms with E-state index in [0.29, 0.717) is 0 Å². The number of nitrogens with one attached hydrogen (secondary N) is 1. The first-order valence-corrected chi connectivity index (χ1v) is 6.27. The van der Waals surface area contributed by atoms with Gasteiger partial charge in [0.25, 0.3) is 0 Å². The lowest BCUT2D eigenvalue weighted by Crippen LogP contribution is -2.31. The van der Waals surface area contributed by atoms with E-state index < -0.39 is 0 Å². The normalized spacial score (nSPS) is 10.9. The average molecular weight is 252 g/mol. The summed E-state index contributed by atoms with van der Waals surface area (Å²) in [6.07, 6.45) is 0. The molecule has 0 saturated heterocycles. The van der Waals surface area contributed by atoms with Crippen LogP contribution in [0, 0.1) is 0 Å². The zero-order valence-corrected chi connectivity index (χ0v) is 11.6. The Morgan fingerprint density at radius 2 is 2.06 bits per heavy atom. The van der Waals surface area contributed by atoms with Gasteiger partial charge in [0.15, 0.2) is 0 Å². The Kier molecular flexibility index (Phi) is 7.41. The predicted octanol–water partition coefficient (Wildman–Crippen LogP) is 1.36. The Bertz CT molecular complexity index is 331. The van der Waals surface area contributed by atoms with E-state index in [4.69, 9.17) is 9.47 Å². The molecule has 0 saturated carbocycles. The Morgan fingerprint density at radius 3 is 2.78 bits per heavy atom. The monoisotopic (exact) mass is 252 g/mol. The van der Waals surface area contributed by atoms with Crippen LogP contribution < -0.4 is 10.1 Å². The molecule has 0 fully saturated rings. The molecule has 0 bridgehead atoms. The smallest absolute Gasteiger partial charge is 0.119 e. The molecule has 1 N–H and O–H groups in total. The lowest BCUT2D eigenvalue weighted by atomic mass is 10.2. The van der Waals surface area contributed by atoms with Gasteiger partial charge in [-0.05, 0) is 24.7 Å². The molecule has 0 heterocycles. The van der Waals surface area contributed by atoms with E-state index in [0.717, 1.165) is 38.5 Å². The molecule has 0 aliphatic carbocycles. The maximum atomic E-state index is 5.19. The first-order chi connectivity index (χ1) is 8.76. The molecule has 4 nitrogen and oxygen atoms in total. The van der Waals surface area contributed by atoms with Crippen LogP contribution in [0.15, 0.2) is 24.3 Å². The molecule has 0 aliphatic rings. The minimum Gasteiger partial charge on any atom is -0.497 e. The number of nitrogens with zero attached hydrogens (tertiary/aromatic N) is 1. The van der Waals surface area contributed by atoms with Gasteiger partial charge in [0.05, 0.1) is 13.7 Å². The third-order valence-corrected chi connectivity index (χ3v) is 2.81. The number of hydrogen-bond acceptors (Lipinski definition) is 4. The highest BCUT2D eigenvalue weighted by molar-refractivity contribution is 5.28. The highest BCUT2D eigenvalue weighted by atomic mass is 16.5. The fourth-order valence-electron chi connectivity index (χ4n) is 1.64. The van der Waals surface area contributed by atoms with Crippen LogP contribution in [0.4, 0.5) is 0 Å². The minimum absolute atomic E-state index is 0.784. The van der Waals surface area contributed by atoms with Crippen molar-refractivity contribution in [1.82, 2.24) is 10.2 Å². The van der Waals surface area contributed by atoms with Crippen molar-refractivity contribution in [2.45, 2.75) is 6.54 Å². The zero-order chi connectivity index (χ0) is 13.2. The fraction of sp³-hybridized carbons (Fsp3) is 0.571. The van der Waals surface area contributed by atoms with E-state index in [1.807, 2.05) is 12.1 Å². The summed E-state index contributed by atoms with van der Waals surface area (Å²) in [6, 6.07) is 8.13. The summed E-state index contributed by atoms with van der Waals surface area (Å²) in [5, 5.41) is 3.42. The molecule has 1 aromatic rings. The molecular weight excluding hydrogens is 228 g/mol. The summed E-state index contributed by atoms with van der Waals surface area (Å²) in [7, 11) is 5.53. The summed E-state index contributed by atoms with van der Waals surface area (Å²) in [5.74, 6) is 0.909. The van der Waals surface area contributed by atoms with E-state index in [1.165, 1.54) is 5.56 Å². The lowest BCUT2D eigenvalue weighted by Gasteiger charge is -2.16. The molecule has 1 aromatic carbocycles. The van der Waals surface area contributed by atoms with Gasteiger partial charge >= 0.3 is 0 Å². The van der Waals surface area contributed by atoms with Gasteiger partial charge < -0.3 is 19.7 Å². The van der Waals surface area contributed by atoms with Crippen LogP contribution in [0.3, 0.4) is 0 Å². The maximum Gasteiger partial charge on any atom is 0.119 e. The average Bonchev–Trinajstić information content (AvgIpc) is 2.41. The van der Waals surface area contributed by atoms with Crippen LogP contribution in [0.1, 0.15) is 5.56 Å². The Morgan fingerprint density at radius 1 is 1.22 bits per heavy atom. The van der Waals surface area contributed by atoms with Gasteiger partial charge in [-0.25, -0.2) is 0 Å². The summed E-state index contributed by atoms with van der Waals surface area (Å²) < 4.78 is 10.2. The summed E-state index contributed by atoms with van der Waals surface area (Å²) in [6.45, 7) is 4.61. The van der Waals surface area contributed by atoms with Crippen LogP contribution in [0.5, 0.6) is 5.75 Å². The van der Waals surface area contributed by atoms with Crippen LogP contribution >= 0.6 is 0 Å². The number of ether oxygens (including phenoxy) is 2. The van der Waals surface area contributed by atoms with E-state index in [-0.39, 0.29) is 0 Å². The molecule has 1 rings (SSSR count).